The predicted octanol–water partition coefficient (Wildman–Crippen LogP) is 6.82. The fraction of sp³-hybridized carbons (Fsp3) is 0.286. The average molecular weight is 483 g/mol. The van der Waals surface area contributed by atoms with Gasteiger partial charge in [-0.05, 0) is 49.9 Å². The number of hydrogen-bond donors (Lipinski definition) is 1. The molecule has 6 heteroatoms. The Morgan fingerprint density at radius 2 is 1.56 bits per heavy atom. The van der Waals surface area contributed by atoms with Gasteiger partial charge in [-0.15, -0.1) is 0 Å². The van der Waals surface area contributed by atoms with Gasteiger partial charge in [-0.3, -0.25) is 4.79 Å². The minimum absolute atomic E-state index is 0.143. The molecule has 5 nitrogen and oxygen atoms in total. The van der Waals surface area contributed by atoms with Crippen molar-refractivity contribution in [2.45, 2.75) is 39.5 Å². The maximum atomic E-state index is 13.9. The minimum atomic E-state index is -0.539. The van der Waals surface area contributed by atoms with Crippen molar-refractivity contribution in [2.75, 3.05) is 13.2 Å². The van der Waals surface area contributed by atoms with E-state index in [2.05, 4.69) is 0 Å². The quantitative estimate of drug-likeness (QED) is 0.267. The second-order valence-electron chi connectivity index (χ2n) is 7.51. The molecule has 0 heterocycles. The number of phenolic OH excluding ortho intramolecular Hbond substituents is 1. The number of aldehydes is 1. The second-order valence-corrected chi connectivity index (χ2v) is 7.95. The van der Waals surface area contributed by atoms with Crippen LogP contribution in [0.15, 0.2) is 66.7 Å². The van der Waals surface area contributed by atoms with Crippen LogP contribution in [0.1, 0.15) is 61.0 Å². The third kappa shape index (κ3) is 6.84. The van der Waals surface area contributed by atoms with E-state index < -0.39 is 5.92 Å². The summed E-state index contributed by atoms with van der Waals surface area (Å²) in [5, 5.41) is 11.4. The number of hydrogen-bond acceptors (Lipinski definition) is 5. The standard InChI is InChI=1S/C26H27ClO4.C2H4O/c1-4-30-21-15-22(28)25(23(16-21)31-5-2)26(29)24(19-11-13-20(27)14-12-19)17(3)18-9-7-6-8-10-18;1-2-3/h6-17,24,28H,4-5H2,1-3H3;2H,1H3/t17-,24?;/m0./s1. The maximum Gasteiger partial charge on any atom is 0.178 e. The van der Waals surface area contributed by atoms with E-state index in [0.29, 0.717) is 29.7 Å². The van der Waals surface area contributed by atoms with E-state index >= 15 is 0 Å². The molecule has 3 rings (SSSR count). The molecule has 0 fully saturated rings. The lowest BCUT2D eigenvalue weighted by molar-refractivity contribution is -0.106. The van der Waals surface area contributed by atoms with Gasteiger partial charge in [0.2, 0.25) is 0 Å². The molecular weight excluding hydrogens is 452 g/mol. The topological polar surface area (TPSA) is 72.8 Å². The van der Waals surface area contributed by atoms with Gasteiger partial charge in [-0.1, -0.05) is 61.0 Å². The van der Waals surface area contributed by atoms with E-state index in [1.165, 1.54) is 13.0 Å². The van der Waals surface area contributed by atoms with Crippen LogP contribution in [0.2, 0.25) is 5.02 Å². The summed E-state index contributed by atoms with van der Waals surface area (Å²) in [6.07, 6.45) is 0.750. The molecular formula is C28H31ClO5. The van der Waals surface area contributed by atoms with Gasteiger partial charge < -0.3 is 19.4 Å². The number of Topliss-reactive ketones (excluding diaryl/α,β-unsaturated/α-hetero) is 1. The smallest absolute Gasteiger partial charge is 0.178 e. The molecule has 0 radical (unpaired) electrons. The highest BCUT2D eigenvalue weighted by atomic mass is 35.5. The Bertz CT molecular complexity index is 1060. The molecule has 0 aliphatic carbocycles. The molecule has 0 spiro atoms. The van der Waals surface area contributed by atoms with Crippen molar-refractivity contribution in [3.8, 4) is 17.2 Å². The van der Waals surface area contributed by atoms with Gasteiger partial charge >= 0.3 is 0 Å². The first-order valence-electron chi connectivity index (χ1n) is 11.2. The molecule has 0 aromatic heterocycles. The molecule has 3 aromatic rings. The lowest BCUT2D eigenvalue weighted by Crippen LogP contribution is -2.20. The number of rotatable bonds is 9. The van der Waals surface area contributed by atoms with Crippen molar-refractivity contribution in [2.24, 2.45) is 0 Å². The van der Waals surface area contributed by atoms with Crippen LogP contribution in [0.3, 0.4) is 0 Å². The Morgan fingerprint density at radius 1 is 0.971 bits per heavy atom. The molecule has 0 saturated carbocycles. The van der Waals surface area contributed by atoms with Gasteiger partial charge in [-0.2, -0.15) is 0 Å². The molecule has 0 saturated heterocycles. The van der Waals surface area contributed by atoms with Gasteiger partial charge in [0, 0.05) is 17.2 Å². The summed E-state index contributed by atoms with van der Waals surface area (Å²) in [6, 6.07) is 20.2. The molecule has 2 atom stereocenters. The van der Waals surface area contributed by atoms with E-state index in [1.807, 2.05) is 63.2 Å². The van der Waals surface area contributed by atoms with Crippen LogP contribution in [0, 0.1) is 0 Å². The van der Waals surface area contributed by atoms with Crippen LogP contribution in [0.25, 0.3) is 0 Å². The summed E-state index contributed by atoms with van der Waals surface area (Å²) in [7, 11) is 0. The van der Waals surface area contributed by atoms with E-state index in [0.717, 1.165) is 17.4 Å². The van der Waals surface area contributed by atoms with Crippen molar-refractivity contribution in [1.82, 2.24) is 0 Å². The number of ether oxygens (including phenoxy) is 2. The molecule has 1 unspecified atom stereocenters. The van der Waals surface area contributed by atoms with E-state index in [1.54, 1.807) is 18.2 Å². The van der Waals surface area contributed by atoms with Gasteiger partial charge in [0.25, 0.3) is 0 Å². The fourth-order valence-corrected chi connectivity index (χ4v) is 3.91. The van der Waals surface area contributed by atoms with Crippen molar-refractivity contribution < 1.29 is 24.2 Å². The van der Waals surface area contributed by atoms with Crippen LogP contribution >= 0.6 is 11.6 Å². The van der Waals surface area contributed by atoms with Crippen LogP contribution < -0.4 is 9.47 Å². The number of aromatic hydroxyl groups is 1. The lowest BCUT2D eigenvalue weighted by Gasteiger charge is -2.25. The van der Waals surface area contributed by atoms with Crippen molar-refractivity contribution in [1.29, 1.82) is 0 Å². The highest BCUT2D eigenvalue weighted by molar-refractivity contribution is 6.30. The lowest BCUT2D eigenvalue weighted by atomic mass is 9.78. The van der Waals surface area contributed by atoms with Crippen molar-refractivity contribution in [3.05, 3.63) is 88.4 Å². The zero-order chi connectivity index (χ0) is 25.1. The van der Waals surface area contributed by atoms with Crippen LogP contribution in [-0.4, -0.2) is 30.4 Å². The Balaban J connectivity index is 0.00000129. The summed E-state index contributed by atoms with van der Waals surface area (Å²) in [6.45, 7) is 7.95. The minimum Gasteiger partial charge on any atom is -0.507 e. The molecule has 0 amide bonds. The number of ketones is 1. The molecule has 0 aliphatic heterocycles. The van der Waals surface area contributed by atoms with Crippen molar-refractivity contribution in [3.63, 3.8) is 0 Å². The van der Waals surface area contributed by atoms with Crippen molar-refractivity contribution >= 4 is 23.7 Å². The van der Waals surface area contributed by atoms with E-state index in [4.69, 9.17) is 25.9 Å². The summed E-state index contributed by atoms with van der Waals surface area (Å²) in [4.78, 5) is 22.7. The number of carbonyl (C=O) groups excluding carboxylic acids is 2. The molecule has 34 heavy (non-hydrogen) atoms. The molecule has 1 N–H and O–H groups in total. The van der Waals surface area contributed by atoms with E-state index in [9.17, 15) is 9.90 Å². The zero-order valence-corrected chi connectivity index (χ0v) is 20.7. The summed E-state index contributed by atoms with van der Waals surface area (Å²) < 4.78 is 11.3. The Labute approximate surface area is 206 Å². The third-order valence-electron chi connectivity index (χ3n) is 5.25. The van der Waals surface area contributed by atoms with Gasteiger partial charge in [0.15, 0.2) is 5.78 Å². The average Bonchev–Trinajstić information content (AvgIpc) is 2.82. The fourth-order valence-electron chi connectivity index (χ4n) is 3.78. The number of halogens is 1. The predicted molar refractivity (Wildman–Crippen MR) is 136 cm³/mol. The zero-order valence-electron chi connectivity index (χ0n) is 20.0. The number of carbonyl (C=O) groups is 2. The Kier molecular flexibility index (Phi) is 10.6. The molecule has 0 bridgehead atoms. The largest absolute Gasteiger partial charge is 0.507 e. The summed E-state index contributed by atoms with van der Waals surface area (Å²) in [5.74, 6) is -0.284. The maximum absolute atomic E-state index is 13.9. The van der Waals surface area contributed by atoms with Gasteiger partial charge in [0.1, 0.15) is 29.1 Å². The highest BCUT2D eigenvalue weighted by Gasteiger charge is 2.33. The van der Waals surface area contributed by atoms with Crippen LogP contribution in [0.4, 0.5) is 0 Å². The van der Waals surface area contributed by atoms with Crippen LogP contribution in [-0.2, 0) is 4.79 Å². The molecule has 180 valence electrons. The third-order valence-corrected chi connectivity index (χ3v) is 5.50. The number of benzene rings is 3. The summed E-state index contributed by atoms with van der Waals surface area (Å²) >= 11 is 6.09. The van der Waals surface area contributed by atoms with Gasteiger partial charge in [-0.25, -0.2) is 0 Å². The highest BCUT2D eigenvalue weighted by Crippen LogP contribution is 2.42. The second kappa shape index (κ2) is 13.4. The monoisotopic (exact) mass is 482 g/mol. The van der Waals surface area contributed by atoms with Gasteiger partial charge in [0.05, 0.1) is 19.1 Å². The molecule has 0 aliphatic rings. The SMILES string of the molecule is CC=O.CCOc1cc(O)c(C(=O)C(c2ccc(Cl)cc2)[C@@H](C)c2ccccc2)c(OCC)c1. The number of phenols is 1. The van der Waals surface area contributed by atoms with E-state index in [-0.39, 0.29) is 23.0 Å². The first-order chi connectivity index (χ1) is 16.4. The Hall–Kier alpha value is -3.31. The molecule has 3 aromatic carbocycles. The van der Waals surface area contributed by atoms with Crippen LogP contribution in [0.5, 0.6) is 17.2 Å². The first kappa shape index (κ1) is 26.9. The summed E-state index contributed by atoms with van der Waals surface area (Å²) in [5.41, 5.74) is 2.01. The Morgan fingerprint density at radius 3 is 2.12 bits per heavy atom. The first-order valence-corrected chi connectivity index (χ1v) is 11.6. The normalized spacial score (nSPS) is 12.0.